The van der Waals surface area contributed by atoms with Gasteiger partial charge in [0.1, 0.15) is 5.82 Å². The predicted molar refractivity (Wildman–Crippen MR) is 64.0 cm³/mol. The molecular formula is C11H20N4. The van der Waals surface area contributed by atoms with Gasteiger partial charge in [-0.05, 0) is 20.2 Å². The van der Waals surface area contributed by atoms with Gasteiger partial charge in [-0.2, -0.15) is 0 Å². The Morgan fingerprint density at radius 2 is 2.00 bits per heavy atom. The van der Waals surface area contributed by atoms with E-state index in [1.807, 2.05) is 19.2 Å². The Bertz CT molecular complexity index is 298. The minimum Gasteiger partial charge on any atom is -0.358 e. The fraction of sp³-hybridized carbons (Fsp3) is 0.545. The summed E-state index contributed by atoms with van der Waals surface area (Å²) in [7, 11) is 6.18. The topological polar surface area (TPSA) is 45.4 Å². The average molecular weight is 208 g/mol. The molecule has 4 nitrogen and oxygen atoms in total. The zero-order valence-corrected chi connectivity index (χ0v) is 9.77. The molecule has 0 saturated carbocycles. The molecular weight excluding hydrogens is 188 g/mol. The fourth-order valence-electron chi connectivity index (χ4n) is 1.39. The van der Waals surface area contributed by atoms with E-state index in [0.29, 0.717) is 6.54 Å². The highest BCUT2D eigenvalue weighted by Crippen LogP contribution is 2.14. The second kappa shape index (κ2) is 5.68. The molecule has 0 saturated heterocycles. The summed E-state index contributed by atoms with van der Waals surface area (Å²) in [5.41, 5.74) is 6.76. The highest BCUT2D eigenvalue weighted by Gasteiger charge is 2.06. The molecule has 1 aromatic rings. The summed E-state index contributed by atoms with van der Waals surface area (Å²) in [6.07, 6.45) is 1.81. The first-order valence-electron chi connectivity index (χ1n) is 5.15. The van der Waals surface area contributed by atoms with Crippen molar-refractivity contribution in [2.45, 2.75) is 6.54 Å². The van der Waals surface area contributed by atoms with Gasteiger partial charge in [0.05, 0.1) is 0 Å². The quantitative estimate of drug-likeness (QED) is 0.767. The summed E-state index contributed by atoms with van der Waals surface area (Å²) < 4.78 is 0. The third kappa shape index (κ3) is 3.49. The first-order chi connectivity index (χ1) is 7.15. The van der Waals surface area contributed by atoms with E-state index in [-0.39, 0.29) is 0 Å². The average Bonchev–Trinajstić information content (AvgIpc) is 2.25. The van der Waals surface area contributed by atoms with Crippen LogP contribution >= 0.6 is 0 Å². The lowest BCUT2D eigenvalue weighted by Crippen LogP contribution is -2.29. The molecule has 0 aliphatic carbocycles. The Morgan fingerprint density at radius 1 is 1.27 bits per heavy atom. The normalized spacial score (nSPS) is 10.7. The van der Waals surface area contributed by atoms with Crippen LogP contribution in [0, 0.1) is 0 Å². The molecule has 0 aromatic carbocycles. The second-order valence-electron chi connectivity index (χ2n) is 3.92. The van der Waals surface area contributed by atoms with E-state index < -0.39 is 0 Å². The fourth-order valence-corrected chi connectivity index (χ4v) is 1.39. The number of aromatic nitrogens is 1. The standard InChI is InChI=1S/C11H20N4/c1-14(2)7-8-15(3)11-10(9-12)5-4-6-13-11/h4-6H,7-9,12H2,1-3H3. The number of hydrogen-bond donors (Lipinski definition) is 1. The molecule has 0 fully saturated rings. The Balaban J connectivity index is 2.68. The van der Waals surface area contributed by atoms with Gasteiger partial charge in [0.15, 0.2) is 0 Å². The molecule has 4 heteroatoms. The van der Waals surface area contributed by atoms with Gasteiger partial charge in [-0.25, -0.2) is 4.98 Å². The van der Waals surface area contributed by atoms with E-state index in [4.69, 9.17) is 5.73 Å². The van der Waals surface area contributed by atoms with Crippen LogP contribution in [0.15, 0.2) is 18.3 Å². The Hall–Kier alpha value is -1.13. The number of nitrogens with zero attached hydrogens (tertiary/aromatic N) is 3. The van der Waals surface area contributed by atoms with E-state index in [1.165, 1.54) is 0 Å². The number of likely N-dealkylation sites (N-methyl/N-ethyl adjacent to an activating group) is 2. The first kappa shape index (κ1) is 11.9. The summed E-state index contributed by atoms with van der Waals surface area (Å²) in [4.78, 5) is 8.65. The molecule has 0 radical (unpaired) electrons. The first-order valence-corrected chi connectivity index (χ1v) is 5.15. The van der Waals surface area contributed by atoms with Crippen LogP contribution in [0.3, 0.4) is 0 Å². The van der Waals surface area contributed by atoms with E-state index in [1.54, 1.807) is 6.20 Å². The Labute approximate surface area is 91.7 Å². The van der Waals surface area contributed by atoms with Crippen LogP contribution in [-0.4, -0.2) is 44.1 Å². The molecule has 2 N–H and O–H groups in total. The van der Waals surface area contributed by atoms with Crippen molar-refractivity contribution in [2.24, 2.45) is 5.73 Å². The maximum Gasteiger partial charge on any atom is 0.132 e. The van der Waals surface area contributed by atoms with Gasteiger partial charge in [0.25, 0.3) is 0 Å². The van der Waals surface area contributed by atoms with Crippen LogP contribution < -0.4 is 10.6 Å². The summed E-state index contributed by atoms with van der Waals surface area (Å²) in [5, 5.41) is 0. The van der Waals surface area contributed by atoms with Crippen molar-refractivity contribution in [3.05, 3.63) is 23.9 Å². The van der Waals surface area contributed by atoms with Crippen molar-refractivity contribution in [3.8, 4) is 0 Å². The van der Waals surface area contributed by atoms with Gasteiger partial charge in [-0.3, -0.25) is 0 Å². The van der Waals surface area contributed by atoms with Gasteiger partial charge in [-0.15, -0.1) is 0 Å². The Morgan fingerprint density at radius 3 is 2.60 bits per heavy atom. The minimum atomic E-state index is 0.537. The predicted octanol–water partition coefficient (Wildman–Crippen LogP) is 0.538. The molecule has 0 amide bonds. The van der Waals surface area contributed by atoms with Crippen molar-refractivity contribution in [1.29, 1.82) is 0 Å². The van der Waals surface area contributed by atoms with Crippen molar-refractivity contribution in [1.82, 2.24) is 9.88 Å². The zero-order chi connectivity index (χ0) is 11.3. The number of pyridine rings is 1. The van der Waals surface area contributed by atoms with Crippen LogP contribution in [-0.2, 0) is 6.54 Å². The number of anilines is 1. The maximum atomic E-state index is 5.67. The summed E-state index contributed by atoms with van der Waals surface area (Å²) in [6, 6.07) is 3.94. The third-order valence-corrected chi connectivity index (χ3v) is 2.33. The SMILES string of the molecule is CN(C)CCN(C)c1ncccc1CN. The lowest BCUT2D eigenvalue weighted by molar-refractivity contribution is 0.416. The number of nitrogens with two attached hydrogens (primary N) is 1. The van der Waals surface area contributed by atoms with Gasteiger partial charge < -0.3 is 15.5 Å². The molecule has 0 spiro atoms. The van der Waals surface area contributed by atoms with E-state index >= 15 is 0 Å². The van der Waals surface area contributed by atoms with Crippen molar-refractivity contribution < 1.29 is 0 Å². The summed E-state index contributed by atoms with van der Waals surface area (Å²) in [6.45, 7) is 2.50. The van der Waals surface area contributed by atoms with Crippen molar-refractivity contribution in [2.75, 3.05) is 39.1 Å². The van der Waals surface area contributed by atoms with Crippen LogP contribution in [0.4, 0.5) is 5.82 Å². The largest absolute Gasteiger partial charge is 0.358 e. The Kier molecular flexibility index (Phi) is 4.52. The van der Waals surface area contributed by atoms with Crippen LogP contribution in [0.5, 0.6) is 0 Å². The molecule has 15 heavy (non-hydrogen) atoms. The van der Waals surface area contributed by atoms with Crippen LogP contribution in [0.1, 0.15) is 5.56 Å². The molecule has 1 heterocycles. The summed E-state index contributed by atoms with van der Waals surface area (Å²) >= 11 is 0. The number of hydrogen-bond acceptors (Lipinski definition) is 4. The van der Waals surface area contributed by atoms with Gasteiger partial charge >= 0.3 is 0 Å². The van der Waals surface area contributed by atoms with Crippen LogP contribution in [0.25, 0.3) is 0 Å². The molecule has 0 aliphatic rings. The monoisotopic (exact) mass is 208 g/mol. The zero-order valence-electron chi connectivity index (χ0n) is 9.77. The second-order valence-corrected chi connectivity index (χ2v) is 3.92. The van der Waals surface area contributed by atoms with Crippen LogP contribution in [0.2, 0.25) is 0 Å². The van der Waals surface area contributed by atoms with E-state index in [9.17, 15) is 0 Å². The molecule has 0 unspecified atom stereocenters. The maximum absolute atomic E-state index is 5.67. The van der Waals surface area contributed by atoms with Crippen molar-refractivity contribution in [3.63, 3.8) is 0 Å². The third-order valence-electron chi connectivity index (χ3n) is 2.33. The van der Waals surface area contributed by atoms with E-state index in [0.717, 1.165) is 24.5 Å². The molecule has 0 atom stereocenters. The van der Waals surface area contributed by atoms with Gasteiger partial charge in [-0.1, -0.05) is 6.07 Å². The smallest absolute Gasteiger partial charge is 0.132 e. The highest BCUT2D eigenvalue weighted by molar-refractivity contribution is 5.45. The summed E-state index contributed by atoms with van der Waals surface area (Å²) in [5.74, 6) is 0.988. The lowest BCUT2D eigenvalue weighted by atomic mass is 10.2. The molecule has 0 bridgehead atoms. The number of rotatable bonds is 5. The van der Waals surface area contributed by atoms with E-state index in [2.05, 4.69) is 28.9 Å². The molecule has 84 valence electrons. The highest BCUT2D eigenvalue weighted by atomic mass is 15.2. The van der Waals surface area contributed by atoms with Crippen molar-refractivity contribution >= 4 is 5.82 Å². The minimum absolute atomic E-state index is 0.537. The molecule has 1 rings (SSSR count). The van der Waals surface area contributed by atoms with Gasteiger partial charge in [0, 0.05) is 38.4 Å². The molecule has 0 aliphatic heterocycles. The molecule has 1 aromatic heterocycles. The lowest BCUT2D eigenvalue weighted by Gasteiger charge is -2.22. The van der Waals surface area contributed by atoms with Gasteiger partial charge in [0.2, 0.25) is 0 Å².